The van der Waals surface area contributed by atoms with Crippen LogP contribution in [0.25, 0.3) is 17.0 Å². The van der Waals surface area contributed by atoms with Gasteiger partial charge >= 0.3 is 0 Å². The first-order valence-electron chi connectivity index (χ1n) is 12.0. The largest absolute Gasteiger partial charge is 0.348 e. The number of halogens is 2. The molecular weight excluding hydrogens is 507 g/mol. The molecular formula is C28H22Cl2N6O. The summed E-state index contributed by atoms with van der Waals surface area (Å²) in [5.74, 6) is 1.06. The maximum Gasteiger partial charge on any atom is 0.251 e. The third-order valence-corrected chi connectivity index (χ3v) is 6.98. The molecule has 0 bridgehead atoms. The number of aromatic nitrogens is 4. The average molecular weight is 529 g/mol. The fraction of sp³-hybridized carbons (Fsp3) is 0.143. The van der Waals surface area contributed by atoms with E-state index in [0.29, 0.717) is 27.1 Å². The van der Waals surface area contributed by atoms with Crippen molar-refractivity contribution in [3.63, 3.8) is 0 Å². The molecule has 1 amide bonds. The monoisotopic (exact) mass is 528 g/mol. The summed E-state index contributed by atoms with van der Waals surface area (Å²) >= 11 is 12.4. The summed E-state index contributed by atoms with van der Waals surface area (Å²) in [7, 11) is 0. The number of anilines is 2. The van der Waals surface area contributed by atoms with E-state index in [1.165, 1.54) is 0 Å². The Hall–Kier alpha value is -3.94. The van der Waals surface area contributed by atoms with Gasteiger partial charge < -0.3 is 10.6 Å². The zero-order chi connectivity index (χ0) is 25.4. The molecule has 2 aromatic carbocycles. The Bertz CT molecular complexity index is 1580. The van der Waals surface area contributed by atoms with Crippen molar-refractivity contribution in [1.29, 1.82) is 0 Å². The predicted octanol–water partition coefficient (Wildman–Crippen LogP) is 6.65. The highest BCUT2D eigenvalue weighted by atomic mass is 35.5. The summed E-state index contributed by atoms with van der Waals surface area (Å²) < 4.78 is 1.83. The van der Waals surface area contributed by atoms with Crippen LogP contribution in [0, 0.1) is 0 Å². The lowest BCUT2D eigenvalue weighted by atomic mass is 10.1. The number of pyridine rings is 1. The molecule has 37 heavy (non-hydrogen) atoms. The zero-order valence-corrected chi connectivity index (χ0v) is 21.2. The maximum atomic E-state index is 12.7. The lowest BCUT2D eigenvalue weighted by molar-refractivity contribution is 0.0951. The van der Waals surface area contributed by atoms with Crippen molar-refractivity contribution < 1.29 is 4.79 Å². The highest BCUT2D eigenvalue weighted by Crippen LogP contribution is 2.40. The van der Waals surface area contributed by atoms with E-state index < -0.39 is 0 Å². The van der Waals surface area contributed by atoms with Crippen molar-refractivity contribution in [2.45, 2.75) is 25.3 Å². The van der Waals surface area contributed by atoms with Crippen LogP contribution >= 0.6 is 23.2 Å². The van der Waals surface area contributed by atoms with E-state index >= 15 is 0 Å². The molecule has 2 N–H and O–H groups in total. The first kappa shape index (κ1) is 23.5. The summed E-state index contributed by atoms with van der Waals surface area (Å²) in [6.45, 7) is 0.241. The van der Waals surface area contributed by atoms with E-state index in [1.807, 2.05) is 47.0 Å². The van der Waals surface area contributed by atoms with Gasteiger partial charge in [0.1, 0.15) is 5.82 Å². The van der Waals surface area contributed by atoms with Gasteiger partial charge in [-0.15, -0.1) is 0 Å². The number of fused-ring (bicyclic) bond motifs is 1. The normalized spacial score (nSPS) is 13.0. The molecule has 1 saturated carbocycles. The molecule has 0 aliphatic heterocycles. The molecule has 7 nitrogen and oxygen atoms in total. The quantitative estimate of drug-likeness (QED) is 0.247. The number of nitrogens with zero attached hydrogens (tertiary/aromatic N) is 4. The predicted molar refractivity (Wildman–Crippen MR) is 146 cm³/mol. The molecule has 0 spiro atoms. The Morgan fingerprint density at radius 2 is 1.73 bits per heavy atom. The number of carbonyl (C=O) groups is 1. The summed E-state index contributed by atoms with van der Waals surface area (Å²) in [6.07, 6.45) is 4.07. The van der Waals surface area contributed by atoms with Gasteiger partial charge in [-0.1, -0.05) is 35.3 Å². The maximum absolute atomic E-state index is 12.7. The SMILES string of the molecule is O=C(NCc1c(Cl)cccc1Cl)c1ccc(Nc2cc(-c3ccccn3)nc3cc(C4CC4)nn23)cc1. The number of hydrogen-bond donors (Lipinski definition) is 2. The molecule has 9 heteroatoms. The van der Waals surface area contributed by atoms with Crippen LogP contribution in [0.2, 0.25) is 10.0 Å². The minimum atomic E-state index is -0.215. The minimum Gasteiger partial charge on any atom is -0.348 e. The van der Waals surface area contributed by atoms with Gasteiger partial charge in [-0.25, -0.2) is 4.98 Å². The number of nitrogens with one attached hydrogen (secondary N) is 2. The van der Waals surface area contributed by atoms with Crippen LogP contribution < -0.4 is 10.6 Å². The van der Waals surface area contributed by atoms with Gasteiger partial charge in [0.25, 0.3) is 5.91 Å². The minimum absolute atomic E-state index is 0.215. The first-order chi connectivity index (χ1) is 18.0. The van der Waals surface area contributed by atoms with Crippen LogP contribution in [0.3, 0.4) is 0 Å². The number of rotatable bonds is 7. The standard InChI is InChI=1S/C28H22Cl2N6O/c29-21-4-3-5-22(30)20(21)16-32-28(37)18-9-11-19(12-10-18)33-26-15-25(23-6-1-2-13-31-23)34-27-14-24(17-7-8-17)35-36(26)27/h1-6,9-15,17,33H,7-8,16H2,(H,32,37). The Morgan fingerprint density at radius 1 is 0.946 bits per heavy atom. The lowest BCUT2D eigenvalue weighted by Gasteiger charge is -2.12. The molecule has 5 aromatic rings. The van der Waals surface area contributed by atoms with Crippen LogP contribution in [0.4, 0.5) is 11.5 Å². The van der Waals surface area contributed by atoms with Gasteiger partial charge in [-0.2, -0.15) is 9.61 Å². The van der Waals surface area contributed by atoms with E-state index in [0.717, 1.165) is 47.1 Å². The Kier molecular flexibility index (Phi) is 6.24. The molecule has 3 aromatic heterocycles. The van der Waals surface area contributed by atoms with Crippen LogP contribution in [0.5, 0.6) is 0 Å². The molecule has 184 valence electrons. The number of carbonyl (C=O) groups excluding carboxylic acids is 1. The number of benzene rings is 2. The van der Waals surface area contributed by atoms with Crippen LogP contribution in [-0.2, 0) is 6.54 Å². The smallest absolute Gasteiger partial charge is 0.251 e. The van der Waals surface area contributed by atoms with Gasteiger partial charge in [-0.3, -0.25) is 9.78 Å². The highest BCUT2D eigenvalue weighted by molar-refractivity contribution is 6.36. The average Bonchev–Trinajstić information content (AvgIpc) is 3.68. The van der Waals surface area contributed by atoms with Crippen LogP contribution in [0.1, 0.15) is 40.4 Å². The van der Waals surface area contributed by atoms with E-state index in [2.05, 4.69) is 15.6 Å². The Morgan fingerprint density at radius 3 is 2.43 bits per heavy atom. The van der Waals surface area contributed by atoms with Crippen molar-refractivity contribution in [3.8, 4) is 11.4 Å². The highest BCUT2D eigenvalue weighted by Gasteiger charge is 2.27. The Balaban J connectivity index is 1.24. The van der Waals surface area contributed by atoms with E-state index in [-0.39, 0.29) is 12.5 Å². The molecule has 0 radical (unpaired) electrons. The van der Waals surface area contributed by atoms with Crippen molar-refractivity contribution >= 4 is 46.3 Å². The molecule has 6 rings (SSSR count). The number of hydrogen-bond acceptors (Lipinski definition) is 5. The van der Waals surface area contributed by atoms with Crippen LogP contribution in [0.15, 0.2) is 79.0 Å². The summed E-state index contributed by atoms with van der Waals surface area (Å²) in [5, 5.41) is 12.2. The lowest BCUT2D eigenvalue weighted by Crippen LogP contribution is -2.23. The second kappa shape index (κ2) is 9.84. The Labute approximate surface area is 223 Å². The van der Waals surface area contributed by atoms with Gasteiger partial charge in [-0.05, 0) is 61.4 Å². The summed E-state index contributed by atoms with van der Waals surface area (Å²) in [4.78, 5) is 22.0. The van der Waals surface area contributed by atoms with Crippen LogP contribution in [-0.4, -0.2) is 25.5 Å². The summed E-state index contributed by atoms with van der Waals surface area (Å²) in [6, 6.07) is 22.3. The zero-order valence-electron chi connectivity index (χ0n) is 19.7. The van der Waals surface area contributed by atoms with Gasteiger partial charge in [0, 0.05) is 57.7 Å². The van der Waals surface area contributed by atoms with Crippen molar-refractivity contribution in [3.05, 3.63) is 106 Å². The molecule has 0 atom stereocenters. The molecule has 0 saturated heterocycles. The van der Waals surface area contributed by atoms with Gasteiger partial charge in [0.2, 0.25) is 0 Å². The van der Waals surface area contributed by atoms with Crippen molar-refractivity contribution in [1.82, 2.24) is 24.9 Å². The van der Waals surface area contributed by atoms with Crippen molar-refractivity contribution in [2.24, 2.45) is 0 Å². The van der Waals surface area contributed by atoms with Gasteiger partial charge in [0.05, 0.1) is 17.1 Å². The fourth-order valence-electron chi connectivity index (χ4n) is 4.13. The van der Waals surface area contributed by atoms with E-state index in [1.54, 1.807) is 36.5 Å². The molecule has 1 aliphatic rings. The van der Waals surface area contributed by atoms with Gasteiger partial charge in [0.15, 0.2) is 5.65 Å². The first-order valence-corrected chi connectivity index (χ1v) is 12.7. The third-order valence-electron chi connectivity index (χ3n) is 6.28. The van der Waals surface area contributed by atoms with E-state index in [9.17, 15) is 4.79 Å². The molecule has 0 unspecified atom stereocenters. The van der Waals surface area contributed by atoms with E-state index in [4.69, 9.17) is 33.3 Å². The van der Waals surface area contributed by atoms with Crippen molar-refractivity contribution in [2.75, 3.05) is 5.32 Å². The molecule has 1 fully saturated rings. The molecule has 3 heterocycles. The molecule has 1 aliphatic carbocycles. The third kappa shape index (κ3) is 5.01. The topological polar surface area (TPSA) is 84.2 Å². The second-order valence-corrected chi connectivity index (χ2v) is 9.75. The summed E-state index contributed by atoms with van der Waals surface area (Å²) in [5.41, 5.74) is 5.39. The fourth-order valence-corrected chi connectivity index (χ4v) is 4.66. The number of amides is 1. The second-order valence-electron chi connectivity index (χ2n) is 8.94.